The molecule has 0 spiro atoms. The lowest BCUT2D eigenvalue weighted by Crippen LogP contribution is -2.44. The maximum atomic E-state index is 5.83. The summed E-state index contributed by atoms with van der Waals surface area (Å²) in [6.07, 6.45) is 0.180. The second-order valence-corrected chi connectivity index (χ2v) is 5.28. The lowest BCUT2D eigenvalue weighted by molar-refractivity contribution is -0.0464. The zero-order valence-electron chi connectivity index (χ0n) is 12.8. The minimum atomic E-state index is 0.180. The molecule has 20 heavy (non-hydrogen) atoms. The molecule has 0 saturated carbocycles. The van der Waals surface area contributed by atoms with Crippen molar-refractivity contribution >= 4 is 0 Å². The molecule has 1 aromatic carbocycles. The van der Waals surface area contributed by atoms with Crippen LogP contribution in [0.2, 0.25) is 0 Å². The van der Waals surface area contributed by atoms with Crippen LogP contribution in [0.3, 0.4) is 0 Å². The number of benzene rings is 1. The van der Waals surface area contributed by atoms with E-state index in [1.807, 2.05) is 19.2 Å². The van der Waals surface area contributed by atoms with E-state index in [9.17, 15) is 0 Å². The molecule has 0 aromatic heterocycles. The molecular weight excluding hydrogens is 252 g/mol. The summed E-state index contributed by atoms with van der Waals surface area (Å²) in [5.41, 5.74) is 1.27. The molecule has 0 aliphatic carbocycles. The second-order valence-electron chi connectivity index (χ2n) is 5.28. The summed E-state index contributed by atoms with van der Waals surface area (Å²) in [6, 6.07) is 8.64. The smallest absolute Gasteiger partial charge is 0.119 e. The highest BCUT2D eigenvalue weighted by atomic mass is 16.5. The van der Waals surface area contributed by atoms with Crippen molar-refractivity contribution in [1.29, 1.82) is 0 Å². The number of rotatable bonds is 6. The predicted molar refractivity (Wildman–Crippen MR) is 81.3 cm³/mol. The van der Waals surface area contributed by atoms with Crippen molar-refractivity contribution in [3.05, 3.63) is 29.8 Å². The van der Waals surface area contributed by atoms with Crippen LogP contribution in [0.15, 0.2) is 24.3 Å². The number of nitrogens with one attached hydrogen (secondary N) is 1. The van der Waals surface area contributed by atoms with Crippen molar-refractivity contribution < 1.29 is 9.47 Å². The average Bonchev–Trinajstić information content (AvgIpc) is 2.53. The highest BCUT2D eigenvalue weighted by molar-refractivity contribution is 5.28. The van der Waals surface area contributed by atoms with E-state index in [1.54, 1.807) is 0 Å². The van der Waals surface area contributed by atoms with Gasteiger partial charge in [0.2, 0.25) is 0 Å². The van der Waals surface area contributed by atoms with Gasteiger partial charge in [-0.1, -0.05) is 19.1 Å². The Morgan fingerprint density at radius 1 is 1.40 bits per heavy atom. The van der Waals surface area contributed by atoms with Gasteiger partial charge in [0, 0.05) is 19.1 Å². The minimum absolute atomic E-state index is 0.180. The maximum absolute atomic E-state index is 5.83. The fraction of sp³-hybridized carbons (Fsp3) is 0.625. The number of hydrogen-bond donors (Lipinski definition) is 1. The fourth-order valence-electron chi connectivity index (χ4n) is 2.38. The van der Waals surface area contributed by atoms with Crippen LogP contribution in [-0.4, -0.2) is 50.9 Å². The van der Waals surface area contributed by atoms with E-state index in [-0.39, 0.29) is 6.10 Å². The second kappa shape index (κ2) is 7.62. The number of morpholine rings is 1. The Hall–Kier alpha value is -1.10. The minimum Gasteiger partial charge on any atom is -0.491 e. The Morgan fingerprint density at radius 2 is 2.15 bits per heavy atom. The van der Waals surface area contributed by atoms with E-state index in [1.165, 1.54) is 5.56 Å². The summed E-state index contributed by atoms with van der Waals surface area (Å²) >= 11 is 0. The van der Waals surface area contributed by atoms with Gasteiger partial charge in [0.25, 0.3) is 0 Å². The van der Waals surface area contributed by atoms with Crippen LogP contribution in [0, 0.1) is 0 Å². The maximum Gasteiger partial charge on any atom is 0.119 e. The van der Waals surface area contributed by atoms with Crippen LogP contribution in [0.1, 0.15) is 25.5 Å². The average molecular weight is 278 g/mol. The Labute approximate surface area is 122 Å². The van der Waals surface area contributed by atoms with Gasteiger partial charge >= 0.3 is 0 Å². The lowest BCUT2D eigenvalue weighted by atomic mass is 10.1. The van der Waals surface area contributed by atoms with Crippen LogP contribution in [-0.2, 0) is 4.74 Å². The number of hydrogen-bond acceptors (Lipinski definition) is 4. The van der Waals surface area contributed by atoms with Crippen molar-refractivity contribution in [2.45, 2.75) is 26.0 Å². The molecule has 2 atom stereocenters. The number of nitrogens with zero attached hydrogens (tertiary/aromatic N) is 1. The Morgan fingerprint density at radius 3 is 2.80 bits per heavy atom. The summed E-state index contributed by atoms with van der Waals surface area (Å²) in [7, 11) is 1.97. The van der Waals surface area contributed by atoms with Crippen LogP contribution < -0.4 is 10.1 Å². The predicted octanol–water partition coefficient (Wildman–Crippen LogP) is 2.07. The van der Waals surface area contributed by atoms with Crippen molar-refractivity contribution in [2.24, 2.45) is 0 Å². The van der Waals surface area contributed by atoms with Crippen LogP contribution in [0.5, 0.6) is 5.75 Å². The molecule has 1 saturated heterocycles. The molecule has 1 fully saturated rings. The summed E-state index contributed by atoms with van der Waals surface area (Å²) in [4.78, 5) is 2.40. The molecule has 0 amide bonds. The first kappa shape index (κ1) is 15.3. The normalized spacial score (nSPS) is 21.6. The molecule has 4 nitrogen and oxygen atoms in total. The molecule has 0 bridgehead atoms. The fourth-order valence-corrected chi connectivity index (χ4v) is 2.38. The Kier molecular flexibility index (Phi) is 5.83. The highest BCUT2D eigenvalue weighted by Gasteiger charge is 2.19. The van der Waals surface area contributed by atoms with Crippen molar-refractivity contribution in [1.82, 2.24) is 10.2 Å². The van der Waals surface area contributed by atoms with Gasteiger partial charge in [-0.05, 0) is 38.2 Å². The first-order valence-corrected chi connectivity index (χ1v) is 7.47. The standard InChI is InChI=1S/C16H26N2O2/c1-4-18-9-10-19-16(11-18)12-20-15-7-5-14(6-8-15)13(2)17-3/h5-8,13,16-17H,4,9-12H2,1-3H3. The van der Waals surface area contributed by atoms with E-state index in [0.717, 1.165) is 32.0 Å². The molecule has 1 aromatic rings. The molecule has 1 aliphatic rings. The van der Waals surface area contributed by atoms with Crippen molar-refractivity contribution in [2.75, 3.05) is 39.9 Å². The third kappa shape index (κ3) is 4.20. The first-order chi connectivity index (χ1) is 9.72. The van der Waals surface area contributed by atoms with E-state index in [4.69, 9.17) is 9.47 Å². The summed E-state index contributed by atoms with van der Waals surface area (Å²) < 4.78 is 11.6. The zero-order chi connectivity index (χ0) is 14.4. The first-order valence-electron chi connectivity index (χ1n) is 7.47. The van der Waals surface area contributed by atoms with Crippen LogP contribution >= 0.6 is 0 Å². The van der Waals surface area contributed by atoms with Crippen molar-refractivity contribution in [3.63, 3.8) is 0 Å². The molecule has 4 heteroatoms. The van der Waals surface area contributed by atoms with Crippen molar-refractivity contribution in [3.8, 4) is 5.75 Å². The Bertz CT molecular complexity index is 394. The molecule has 0 radical (unpaired) electrons. The molecular formula is C16H26N2O2. The summed E-state index contributed by atoms with van der Waals surface area (Å²) in [5, 5.41) is 3.23. The van der Waals surface area contributed by atoms with Gasteiger partial charge in [-0.15, -0.1) is 0 Å². The highest BCUT2D eigenvalue weighted by Crippen LogP contribution is 2.18. The summed E-state index contributed by atoms with van der Waals surface area (Å²) in [5.74, 6) is 0.911. The van der Waals surface area contributed by atoms with Gasteiger partial charge in [-0.3, -0.25) is 4.90 Å². The van der Waals surface area contributed by atoms with Crippen LogP contribution in [0.4, 0.5) is 0 Å². The van der Waals surface area contributed by atoms with Gasteiger partial charge in [0.05, 0.1) is 6.61 Å². The molecule has 1 aliphatic heterocycles. The molecule has 1 heterocycles. The third-order valence-corrected chi connectivity index (χ3v) is 3.92. The Balaban J connectivity index is 1.81. The van der Waals surface area contributed by atoms with E-state index in [2.05, 4.69) is 36.2 Å². The lowest BCUT2D eigenvalue weighted by Gasteiger charge is -2.31. The summed E-state index contributed by atoms with van der Waals surface area (Å²) in [6.45, 7) is 8.83. The number of ether oxygens (including phenoxy) is 2. The topological polar surface area (TPSA) is 33.7 Å². The van der Waals surface area contributed by atoms with E-state index < -0.39 is 0 Å². The monoisotopic (exact) mass is 278 g/mol. The number of likely N-dealkylation sites (N-methyl/N-ethyl adjacent to an activating group) is 1. The molecule has 2 rings (SSSR count). The van der Waals surface area contributed by atoms with Gasteiger partial charge < -0.3 is 14.8 Å². The largest absolute Gasteiger partial charge is 0.491 e. The van der Waals surface area contributed by atoms with E-state index >= 15 is 0 Å². The quantitative estimate of drug-likeness (QED) is 0.863. The third-order valence-electron chi connectivity index (χ3n) is 3.92. The van der Waals surface area contributed by atoms with Gasteiger partial charge in [0.15, 0.2) is 0 Å². The van der Waals surface area contributed by atoms with Gasteiger partial charge in [0.1, 0.15) is 18.5 Å². The van der Waals surface area contributed by atoms with Crippen LogP contribution in [0.25, 0.3) is 0 Å². The molecule has 112 valence electrons. The SMILES string of the molecule is CCN1CCOC(COc2ccc(C(C)NC)cc2)C1. The van der Waals surface area contributed by atoms with Gasteiger partial charge in [-0.2, -0.15) is 0 Å². The molecule has 2 unspecified atom stereocenters. The van der Waals surface area contributed by atoms with E-state index in [0.29, 0.717) is 12.6 Å². The zero-order valence-corrected chi connectivity index (χ0v) is 12.8. The molecule has 1 N–H and O–H groups in total. The van der Waals surface area contributed by atoms with Gasteiger partial charge in [-0.25, -0.2) is 0 Å².